The van der Waals surface area contributed by atoms with E-state index in [-0.39, 0.29) is 48.4 Å². The lowest BCUT2D eigenvalue weighted by Gasteiger charge is -2.62. The highest BCUT2D eigenvalue weighted by molar-refractivity contribution is 6.01. The van der Waals surface area contributed by atoms with Gasteiger partial charge in [-0.05, 0) is 92.8 Å². The van der Waals surface area contributed by atoms with E-state index >= 15 is 0 Å². The number of carbonyl (C=O) groups is 3. The second kappa shape index (κ2) is 17.9. The molecule has 314 valence electrons. The molecule has 9 atom stereocenters. The Labute approximate surface area is 343 Å². The number of benzene rings is 3. The number of likely N-dealkylation sites (N-methyl/N-ethyl adjacent to an activating group) is 1. The van der Waals surface area contributed by atoms with Crippen LogP contribution in [0.2, 0.25) is 0 Å². The topological polar surface area (TPSA) is 144 Å². The number of aliphatic hydroxyl groups is 2. The van der Waals surface area contributed by atoms with Crippen molar-refractivity contribution < 1.29 is 34.2 Å². The number of amides is 3. The Hall–Kier alpha value is -4.33. The molecule has 3 saturated carbocycles. The second-order valence-electron chi connectivity index (χ2n) is 17.9. The van der Waals surface area contributed by atoms with Crippen LogP contribution in [0, 0.1) is 29.1 Å². The summed E-state index contributed by atoms with van der Waals surface area (Å²) in [7, 11) is 8.83. The van der Waals surface area contributed by atoms with Crippen LogP contribution < -0.4 is 15.4 Å². The smallest absolute Gasteiger partial charge is 0.253 e. The first kappa shape index (κ1) is 43.3. The number of ether oxygens (including phenoxy) is 1. The average molecular weight is 798 g/mol. The number of hydrogen-bond donors (Lipinski definition) is 4. The molecule has 4 fully saturated rings. The van der Waals surface area contributed by atoms with Crippen molar-refractivity contribution in [1.29, 1.82) is 0 Å². The first-order valence-electron chi connectivity index (χ1n) is 20.6. The Morgan fingerprint density at radius 3 is 2.31 bits per heavy atom. The molecular weight excluding hydrogens is 735 g/mol. The van der Waals surface area contributed by atoms with Crippen molar-refractivity contribution in [3.63, 3.8) is 0 Å². The van der Waals surface area contributed by atoms with Gasteiger partial charge in [0.05, 0.1) is 26.4 Å². The number of methoxy groups -OCH3 is 1. The van der Waals surface area contributed by atoms with Crippen molar-refractivity contribution in [2.24, 2.45) is 29.1 Å². The van der Waals surface area contributed by atoms with Crippen molar-refractivity contribution in [3.8, 4) is 16.9 Å². The molecule has 4 aliphatic rings. The molecule has 1 aliphatic heterocycles. The lowest BCUT2D eigenvalue weighted by Crippen LogP contribution is -2.62. The fourth-order valence-corrected chi connectivity index (χ4v) is 9.90. The largest absolute Gasteiger partial charge is 0.496 e. The summed E-state index contributed by atoms with van der Waals surface area (Å²) in [4.78, 5) is 51.7. The Morgan fingerprint density at radius 2 is 1.71 bits per heavy atom. The molecule has 1 heterocycles. The van der Waals surface area contributed by atoms with Gasteiger partial charge in [0, 0.05) is 60.9 Å². The van der Waals surface area contributed by atoms with Crippen LogP contribution in [0.15, 0.2) is 66.7 Å². The molecule has 3 aliphatic carbocycles. The molecule has 3 aromatic carbocycles. The quantitative estimate of drug-likeness (QED) is 0.173. The van der Waals surface area contributed by atoms with Crippen LogP contribution in [-0.2, 0) is 22.6 Å². The molecule has 12 heteroatoms. The molecule has 12 nitrogen and oxygen atoms in total. The van der Waals surface area contributed by atoms with Gasteiger partial charge in [0.25, 0.3) is 11.8 Å². The molecular formula is C46H63N5O7. The maximum atomic E-state index is 14.3. The summed E-state index contributed by atoms with van der Waals surface area (Å²) in [5, 5.41) is 29.5. The number of fused-ring (bicyclic) bond motifs is 2. The summed E-state index contributed by atoms with van der Waals surface area (Å²) in [6, 6.07) is 19.7. The van der Waals surface area contributed by atoms with E-state index in [4.69, 9.17) is 9.57 Å². The standard InChI is InChI=1S/C46H63N5O7/c1-27-37-22-34(46(37,3)4)23-38(27)48-44(55)41-40(28(2)53)39(26-52)58-51(41)24-30-16-13-17-36(42(30)57-9)31-19-32(21-33(20-31)45(56)50(7)8)43(54)47-35(25-49(5)6)18-29-14-11-10-12-15-29/h10-17,19-21,27-28,34-35,37-41,52-53H,18,22-26H2,1-9H3,(H,47,54)(H,48,55)/t27-,28-,34+,35-,37-,38-,39-,40-,41-/m0/s1. The lowest BCUT2D eigenvalue weighted by atomic mass is 9.45. The summed E-state index contributed by atoms with van der Waals surface area (Å²) in [5.74, 6) is 0.377. The maximum absolute atomic E-state index is 14.3. The monoisotopic (exact) mass is 797 g/mol. The van der Waals surface area contributed by atoms with Gasteiger partial charge in [-0.15, -0.1) is 0 Å². The van der Waals surface area contributed by atoms with Gasteiger partial charge < -0.3 is 35.4 Å². The maximum Gasteiger partial charge on any atom is 0.253 e. The SMILES string of the molecule is COc1c(CN2O[C@@H](CO)[C@H]([C@H](C)O)[C@H]2C(=O)N[C@H]2C[C@H]3C[C@@H]([C@@H]2C)C3(C)C)cccc1-c1cc(C(=O)N[C@@H](Cc2ccccc2)CN(C)C)cc(C(=O)N(C)C)c1. The fourth-order valence-electron chi connectivity index (χ4n) is 9.90. The number of hydroxylamine groups is 2. The summed E-state index contributed by atoms with van der Waals surface area (Å²) in [6.45, 7) is 8.84. The van der Waals surface area contributed by atoms with Crippen LogP contribution in [0.3, 0.4) is 0 Å². The van der Waals surface area contributed by atoms with Gasteiger partial charge in [-0.2, -0.15) is 5.06 Å². The predicted molar refractivity (Wildman–Crippen MR) is 224 cm³/mol. The van der Waals surface area contributed by atoms with Crippen LogP contribution in [0.4, 0.5) is 0 Å². The highest BCUT2D eigenvalue weighted by atomic mass is 16.7. The number of nitrogens with zero attached hydrogens (tertiary/aromatic N) is 3. The zero-order valence-electron chi connectivity index (χ0n) is 35.6. The summed E-state index contributed by atoms with van der Waals surface area (Å²) < 4.78 is 6.08. The van der Waals surface area contributed by atoms with Crippen LogP contribution in [0.1, 0.15) is 72.4 Å². The minimum Gasteiger partial charge on any atom is -0.496 e. The van der Waals surface area contributed by atoms with Gasteiger partial charge in [0.1, 0.15) is 17.9 Å². The average Bonchev–Trinajstić information content (AvgIpc) is 3.56. The number of hydrogen-bond acceptors (Lipinski definition) is 9. The van der Waals surface area contributed by atoms with Crippen LogP contribution in [0.25, 0.3) is 11.1 Å². The van der Waals surface area contributed by atoms with E-state index in [0.29, 0.717) is 64.3 Å². The molecule has 0 aromatic heterocycles. The number of nitrogens with one attached hydrogen (secondary N) is 2. The van der Waals surface area contributed by atoms with E-state index in [1.54, 1.807) is 51.4 Å². The molecule has 58 heavy (non-hydrogen) atoms. The predicted octanol–water partition coefficient (Wildman–Crippen LogP) is 4.63. The van der Waals surface area contributed by atoms with Crippen molar-refractivity contribution in [2.45, 2.75) is 83.8 Å². The zero-order chi connectivity index (χ0) is 42.1. The molecule has 0 unspecified atom stereocenters. The molecule has 4 N–H and O–H groups in total. The van der Waals surface area contributed by atoms with Gasteiger partial charge in [0.15, 0.2) is 0 Å². The molecule has 0 radical (unpaired) electrons. The third kappa shape index (κ3) is 8.96. The zero-order valence-corrected chi connectivity index (χ0v) is 35.6. The van der Waals surface area contributed by atoms with Crippen LogP contribution >= 0.6 is 0 Å². The molecule has 0 spiro atoms. The Morgan fingerprint density at radius 1 is 1.00 bits per heavy atom. The van der Waals surface area contributed by atoms with E-state index in [9.17, 15) is 24.6 Å². The molecule has 1 saturated heterocycles. The summed E-state index contributed by atoms with van der Waals surface area (Å²) in [5.41, 5.74) is 3.95. The third-order valence-electron chi connectivity index (χ3n) is 13.1. The van der Waals surface area contributed by atoms with Crippen molar-refractivity contribution in [1.82, 2.24) is 25.5 Å². The lowest BCUT2D eigenvalue weighted by molar-refractivity contribution is -0.183. The van der Waals surface area contributed by atoms with Crippen molar-refractivity contribution in [2.75, 3.05) is 48.5 Å². The second-order valence-corrected chi connectivity index (χ2v) is 17.9. The fraction of sp³-hybridized carbons (Fsp3) is 0.543. The Bertz CT molecular complexity index is 1930. The number of para-hydroxylation sites is 1. The van der Waals surface area contributed by atoms with E-state index in [2.05, 4.69) is 31.4 Å². The van der Waals surface area contributed by atoms with E-state index < -0.39 is 24.2 Å². The van der Waals surface area contributed by atoms with Crippen molar-refractivity contribution >= 4 is 17.7 Å². The third-order valence-corrected chi connectivity index (χ3v) is 13.1. The summed E-state index contributed by atoms with van der Waals surface area (Å²) in [6.07, 6.45) is 0.985. The van der Waals surface area contributed by atoms with E-state index in [1.165, 1.54) is 11.3 Å². The molecule has 7 rings (SSSR count). The highest BCUT2D eigenvalue weighted by Crippen LogP contribution is 2.61. The summed E-state index contributed by atoms with van der Waals surface area (Å²) >= 11 is 0. The van der Waals surface area contributed by atoms with Crippen LogP contribution in [0.5, 0.6) is 5.75 Å². The Balaban J connectivity index is 1.31. The number of carbonyl (C=O) groups excluding carboxylic acids is 3. The highest BCUT2D eigenvalue weighted by Gasteiger charge is 2.57. The van der Waals surface area contributed by atoms with Gasteiger partial charge in [0.2, 0.25) is 5.91 Å². The number of rotatable bonds is 15. The Kier molecular flexibility index (Phi) is 13.3. The normalized spacial score (nSPS) is 26.0. The minimum absolute atomic E-state index is 0.00635. The van der Waals surface area contributed by atoms with E-state index in [0.717, 1.165) is 12.0 Å². The van der Waals surface area contributed by atoms with Gasteiger partial charge >= 0.3 is 0 Å². The van der Waals surface area contributed by atoms with Gasteiger partial charge in [-0.1, -0.05) is 69.3 Å². The first-order valence-corrected chi connectivity index (χ1v) is 20.6. The minimum atomic E-state index is -0.936. The van der Waals surface area contributed by atoms with E-state index in [1.807, 2.05) is 67.5 Å². The van der Waals surface area contributed by atoms with Gasteiger partial charge in [-0.3, -0.25) is 19.2 Å². The molecule has 3 amide bonds. The first-order chi connectivity index (χ1) is 27.5. The van der Waals surface area contributed by atoms with Gasteiger partial charge in [-0.25, -0.2) is 0 Å². The molecule has 3 aromatic rings. The molecule has 2 bridgehead atoms. The van der Waals surface area contributed by atoms with Crippen molar-refractivity contribution in [3.05, 3.63) is 89.0 Å². The van der Waals surface area contributed by atoms with Crippen LogP contribution in [-0.4, -0.2) is 122 Å². The number of aliphatic hydroxyl groups excluding tert-OH is 2.